The van der Waals surface area contributed by atoms with Gasteiger partial charge in [-0.2, -0.15) is 0 Å². The molecule has 1 heterocycles. The molecule has 0 radical (unpaired) electrons. The third kappa shape index (κ3) is 2.97. The van der Waals surface area contributed by atoms with Gasteiger partial charge in [-0.15, -0.1) is 0 Å². The number of benzene rings is 1. The normalized spacial score (nSPS) is 13.2. The standard InChI is InChI=1S/C13H20N4/c1-9(2)7-10(8-14)15-13-16-11-5-3-4-6-12(11)17-13/h3-6,9-10H,7-8,14H2,1-2H3,(H2,15,16,17). The molecular weight excluding hydrogens is 212 g/mol. The van der Waals surface area contributed by atoms with E-state index in [9.17, 15) is 0 Å². The predicted octanol–water partition coefficient (Wildman–Crippen LogP) is 2.35. The zero-order chi connectivity index (χ0) is 12.3. The Bertz CT molecular complexity index is 442. The van der Waals surface area contributed by atoms with Gasteiger partial charge in [-0.1, -0.05) is 26.0 Å². The Morgan fingerprint density at radius 2 is 2.12 bits per heavy atom. The Kier molecular flexibility index (Phi) is 3.64. The van der Waals surface area contributed by atoms with Crippen molar-refractivity contribution in [3.63, 3.8) is 0 Å². The number of fused-ring (bicyclic) bond motifs is 1. The minimum Gasteiger partial charge on any atom is -0.352 e. The number of aromatic nitrogens is 2. The number of nitrogens with zero attached hydrogens (tertiary/aromatic N) is 1. The molecule has 92 valence electrons. The summed E-state index contributed by atoms with van der Waals surface area (Å²) in [6.45, 7) is 5.02. The molecule has 0 saturated heterocycles. The molecule has 2 rings (SSSR count). The maximum atomic E-state index is 5.76. The molecule has 1 aromatic carbocycles. The van der Waals surface area contributed by atoms with Crippen LogP contribution in [0, 0.1) is 5.92 Å². The van der Waals surface area contributed by atoms with E-state index < -0.39 is 0 Å². The van der Waals surface area contributed by atoms with E-state index in [4.69, 9.17) is 5.73 Å². The molecule has 1 aromatic heterocycles. The minimum absolute atomic E-state index is 0.274. The lowest BCUT2D eigenvalue weighted by Crippen LogP contribution is -2.30. The fraction of sp³-hybridized carbons (Fsp3) is 0.462. The second-order valence-corrected chi connectivity index (χ2v) is 4.81. The van der Waals surface area contributed by atoms with Gasteiger partial charge in [0.1, 0.15) is 0 Å². The smallest absolute Gasteiger partial charge is 0.201 e. The van der Waals surface area contributed by atoms with Gasteiger partial charge in [0.15, 0.2) is 0 Å². The molecule has 1 unspecified atom stereocenters. The van der Waals surface area contributed by atoms with Crippen LogP contribution in [-0.4, -0.2) is 22.6 Å². The van der Waals surface area contributed by atoms with E-state index in [0.717, 1.165) is 23.4 Å². The third-order valence-electron chi connectivity index (χ3n) is 2.77. The number of para-hydroxylation sites is 2. The molecule has 0 aliphatic rings. The van der Waals surface area contributed by atoms with Gasteiger partial charge < -0.3 is 16.0 Å². The summed E-state index contributed by atoms with van der Waals surface area (Å²) in [5.74, 6) is 1.43. The molecule has 0 saturated carbocycles. The molecule has 4 heteroatoms. The highest BCUT2D eigenvalue weighted by Crippen LogP contribution is 2.15. The Hall–Kier alpha value is -1.55. The van der Waals surface area contributed by atoms with Crippen molar-refractivity contribution >= 4 is 17.0 Å². The molecule has 0 bridgehead atoms. The number of H-pyrrole nitrogens is 1. The lowest BCUT2D eigenvalue weighted by Gasteiger charge is -2.17. The second-order valence-electron chi connectivity index (χ2n) is 4.81. The van der Waals surface area contributed by atoms with Crippen molar-refractivity contribution in [3.8, 4) is 0 Å². The topological polar surface area (TPSA) is 66.7 Å². The van der Waals surface area contributed by atoms with Crippen LogP contribution < -0.4 is 11.1 Å². The molecule has 0 aliphatic heterocycles. The summed E-state index contributed by atoms with van der Waals surface area (Å²) in [4.78, 5) is 7.74. The van der Waals surface area contributed by atoms with E-state index in [0.29, 0.717) is 12.5 Å². The van der Waals surface area contributed by atoms with Gasteiger partial charge in [0.2, 0.25) is 5.95 Å². The number of hydrogen-bond donors (Lipinski definition) is 3. The first-order valence-electron chi connectivity index (χ1n) is 6.10. The number of imidazole rings is 1. The average molecular weight is 232 g/mol. The van der Waals surface area contributed by atoms with Crippen LogP contribution in [0.5, 0.6) is 0 Å². The highest BCUT2D eigenvalue weighted by molar-refractivity contribution is 5.77. The predicted molar refractivity (Wildman–Crippen MR) is 72.0 cm³/mol. The summed E-state index contributed by atoms with van der Waals surface area (Å²) < 4.78 is 0. The molecule has 0 spiro atoms. The maximum absolute atomic E-state index is 5.76. The van der Waals surface area contributed by atoms with Crippen LogP contribution >= 0.6 is 0 Å². The van der Waals surface area contributed by atoms with Crippen molar-refractivity contribution in [2.45, 2.75) is 26.3 Å². The van der Waals surface area contributed by atoms with Crippen LogP contribution in [0.15, 0.2) is 24.3 Å². The lowest BCUT2D eigenvalue weighted by atomic mass is 10.0. The van der Waals surface area contributed by atoms with Gasteiger partial charge >= 0.3 is 0 Å². The lowest BCUT2D eigenvalue weighted by molar-refractivity contribution is 0.520. The van der Waals surface area contributed by atoms with Crippen molar-refractivity contribution in [2.24, 2.45) is 11.7 Å². The molecule has 2 aromatic rings. The van der Waals surface area contributed by atoms with E-state index in [1.807, 2.05) is 24.3 Å². The first-order valence-corrected chi connectivity index (χ1v) is 6.10. The Morgan fingerprint density at radius 1 is 1.35 bits per heavy atom. The van der Waals surface area contributed by atoms with Gasteiger partial charge in [-0.3, -0.25) is 0 Å². The van der Waals surface area contributed by atoms with Crippen LogP contribution in [0.4, 0.5) is 5.95 Å². The first kappa shape index (κ1) is 11.9. The summed E-state index contributed by atoms with van der Waals surface area (Å²) in [6, 6.07) is 8.28. The Balaban J connectivity index is 2.11. The molecule has 0 fully saturated rings. The summed E-state index contributed by atoms with van der Waals surface area (Å²) in [5, 5.41) is 3.36. The minimum atomic E-state index is 0.274. The summed E-state index contributed by atoms with van der Waals surface area (Å²) in [5.41, 5.74) is 7.79. The first-order chi connectivity index (χ1) is 8.19. The second kappa shape index (κ2) is 5.19. The van der Waals surface area contributed by atoms with E-state index in [2.05, 4.69) is 29.1 Å². The van der Waals surface area contributed by atoms with Gasteiger partial charge in [-0.05, 0) is 24.5 Å². The molecule has 4 nitrogen and oxygen atoms in total. The van der Waals surface area contributed by atoms with Crippen molar-refractivity contribution < 1.29 is 0 Å². The summed E-state index contributed by atoms with van der Waals surface area (Å²) >= 11 is 0. The van der Waals surface area contributed by atoms with Gasteiger partial charge in [0.25, 0.3) is 0 Å². The molecule has 0 amide bonds. The molecule has 0 aliphatic carbocycles. The van der Waals surface area contributed by atoms with E-state index in [-0.39, 0.29) is 6.04 Å². The van der Waals surface area contributed by atoms with Crippen molar-refractivity contribution in [3.05, 3.63) is 24.3 Å². The van der Waals surface area contributed by atoms with Crippen LogP contribution in [0.2, 0.25) is 0 Å². The van der Waals surface area contributed by atoms with Crippen molar-refractivity contribution in [1.82, 2.24) is 9.97 Å². The Morgan fingerprint density at radius 3 is 2.76 bits per heavy atom. The molecular formula is C13H20N4. The molecule has 4 N–H and O–H groups in total. The summed E-state index contributed by atoms with van der Waals surface area (Å²) in [7, 11) is 0. The van der Waals surface area contributed by atoms with Crippen LogP contribution in [0.1, 0.15) is 20.3 Å². The molecule has 17 heavy (non-hydrogen) atoms. The van der Waals surface area contributed by atoms with Gasteiger partial charge in [0.05, 0.1) is 11.0 Å². The SMILES string of the molecule is CC(C)CC(CN)Nc1nc2ccccc2[nH]1. The largest absolute Gasteiger partial charge is 0.352 e. The van der Waals surface area contributed by atoms with E-state index in [1.54, 1.807) is 0 Å². The zero-order valence-electron chi connectivity index (χ0n) is 10.4. The number of nitrogens with two attached hydrogens (primary N) is 1. The van der Waals surface area contributed by atoms with Crippen LogP contribution in [-0.2, 0) is 0 Å². The van der Waals surface area contributed by atoms with E-state index >= 15 is 0 Å². The highest BCUT2D eigenvalue weighted by atomic mass is 15.1. The van der Waals surface area contributed by atoms with Crippen molar-refractivity contribution in [2.75, 3.05) is 11.9 Å². The number of anilines is 1. The average Bonchev–Trinajstić information content (AvgIpc) is 2.69. The fourth-order valence-corrected chi connectivity index (χ4v) is 2.00. The quantitative estimate of drug-likeness (QED) is 0.741. The monoisotopic (exact) mass is 232 g/mol. The number of aromatic amines is 1. The zero-order valence-corrected chi connectivity index (χ0v) is 10.4. The fourth-order valence-electron chi connectivity index (χ4n) is 2.00. The molecule has 1 atom stereocenters. The highest BCUT2D eigenvalue weighted by Gasteiger charge is 2.10. The maximum Gasteiger partial charge on any atom is 0.201 e. The van der Waals surface area contributed by atoms with Gasteiger partial charge in [-0.25, -0.2) is 4.98 Å². The third-order valence-corrected chi connectivity index (χ3v) is 2.77. The van der Waals surface area contributed by atoms with Crippen LogP contribution in [0.3, 0.4) is 0 Å². The van der Waals surface area contributed by atoms with Crippen LogP contribution in [0.25, 0.3) is 11.0 Å². The number of hydrogen-bond acceptors (Lipinski definition) is 3. The van der Waals surface area contributed by atoms with Crippen molar-refractivity contribution in [1.29, 1.82) is 0 Å². The summed E-state index contributed by atoms with van der Waals surface area (Å²) in [6.07, 6.45) is 1.05. The number of rotatable bonds is 5. The Labute approximate surface area is 102 Å². The van der Waals surface area contributed by atoms with Gasteiger partial charge in [0, 0.05) is 12.6 Å². The number of nitrogens with one attached hydrogen (secondary N) is 2. The van der Waals surface area contributed by atoms with E-state index in [1.165, 1.54) is 0 Å².